The van der Waals surface area contributed by atoms with Crippen LogP contribution in [0.4, 0.5) is 0 Å². The maximum absolute atomic E-state index is 3.51. The Kier molecular flexibility index (Phi) is 4.20. The van der Waals surface area contributed by atoms with Gasteiger partial charge in [0.15, 0.2) is 0 Å². The summed E-state index contributed by atoms with van der Waals surface area (Å²) in [6.45, 7) is 3.40. The Morgan fingerprint density at radius 3 is 3.07 bits per heavy atom. The first-order chi connectivity index (χ1) is 7.25. The van der Waals surface area contributed by atoms with Gasteiger partial charge in [0, 0.05) is 24.0 Å². The summed E-state index contributed by atoms with van der Waals surface area (Å²) in [4.78, 5) is 3.90. The van der Waals surface area contributed by atoms with Crippen molar-refractivity contribution in [2.24, 2.45) is 0 Å². The van der Waals surface area contributed by atoms with Crippen LogP contribution in [0.2, 0.25) is 0 Å². The van der Waals surface area contributed by atoms with Crippen molar-refractivity contribution >= 4 is 27.3 Å². The van der Waals surface area contributed by atoms with E-state index in [0.29, 0.717) is 6.04 Å². The third-order valence-corrected chi connectivity index (χ3v) is 4.54. The number of nitrogens with zero attached hydrogens (tertiary/aromatic N) is 1. The molecule has 0 radical (unpaired) electrons. The third-order valence-electron chi connectivity index (χ3n) is 2.93. The largest absolute Gasteiger partial charge is 0.315 e. The van der Waals surface area contributed by atoms with Crippen LogP contribution in [0.3, 0.4) is 0 Å². The van der Waals surface area contributed by atoms with Crippen LogP contribution >= 0.6 is 27.3 Å². The topological polar surface area (TPSA) is 15.3 Å². The lowest BCUT2D eigenvalue weighted by molar-refractivity contribution is 0.197. The number of piperidine rings is 1. The van der Waals surface area contributed by atoms with Crippen molar-refractivity contribution in [2.45, 2.75) is 25.4 Å². The van der Waals surface area contributed by atoms with E-state index in [2.05, 4.69) is 45.3 Å². The average molecular weight is 289 g/mol. The molecule has 84 valence electrons. The molecule has 0 saturated carbocycles. The molecule has 1 aliphatic rings. The molecule has 2 rings (SSSR count). The van der Waals surface area contributed by atoms with Gasteiger partial charge in [0.2, 0.25) is 0 Å². The number of nitrogens with one attached hydrogen (secondary N) is 1. The Hall–Kier alpha value is 0.1000. The van der Waals surface area contributed by atoms with Gasteiger partial charge in [-0.2, -0.15) is 0 Å². The van der Waals surface area contributed by atoms with Gasteiger partial charge in [-0.25, -0.2) is 0 Å². The second-order valence-corrected chi connectivity index (χ2v) is 6.67. The van der Waals surface area contributed by atoms with Crippen LogP contribution in [0.15, 0.2) is 15.9 Å². The predicted octanol–water partition coefficient (Wildman–Crippen LogP) is 2.69. The molecule has 0 bridgehead atoms. The molecule has 1 fully saturated rings. The van der Waals surface area contributed by atoms with Crippen LogP contribution in [0.25, 0.3) is 0 Å². The van der Waals surface area contributed by atoms with Gasteiger partial charge in [-0.15, -0.1) is 11.3 Å². The monoisotopic (exact) mass is 288 g/mol. The van der Waals surface area contributed by atoms with Crippen LogP contribution in [-0.4, -0.2) is 31.1 Å². The Labute approximate surface area is 104 Å². The summed E-state index contributed by atoms with van der Waals surface area (Å²) in [6, 6.07) is 5.05. The van der Waals surface area contributed by atoms with Gasteiger partial charge in [-0.05, 0) is 54.5 Å². The van der Waals surface area contributed by atoms with Crippen molar-refractivity contribution in [3.05, 3.63) is 20.8 Å². The number of hydrogen-bond acceptors (Lipinski definition) is 3. The summed E-state index contributed by atoms with van der Waals surface area (Å²) >= 11 is 5.34. The van der Waals surface area contributed by atoms with E-state index in [-0.39, 0.29) is 0 Å². The summed E-state index contributed by atoms with van der Waals surface area (Å²) in [5.41, 5.74) is 0. The quantitative estimate of drug-likeness (QED) is 0.920. The fourth-order valence-corrected chi connectivity index (χ4v) is 3.57. The summed E-state index contributed by atoms with van der Waals surface area (Å²) < 4.78 is 1.23. The molecule has 1 atom stereocenters. The highest BCUT2D eigenvalue weighted by atomic mass is 79.9. The smallest absolute Gasteiger partial charge is 0.0701 e. The molecule has 2 nitrogen and oxygen atoms in total. The number of thiophene rings is 1. The van der Waals surface area contributed by atoms with E-state index in [0.717, 1.165) is 13.1 Å². The second kappa shape index (κ2) is 5.43. The standard InChI is InChI=1S/C11H17BrN2S/c1-14(9-3-2-6-13-7-9)8-10-4-5-11(12)15-10/h4-5,9,13H,2-3,6-8H2,1H3. The maximum Gasteiger partial charge on any atom is 0.0701 e. The van der Waals surface area contributed by atoms with Crippen molar-refractivity contribution in [1.82, 2.24) is 10.2 Å². The highest BCUT2D eigenvalue weighted by Gasteiger charge is 2.17. The molecule has 0 spiro atoms. The molecule has 0 aromatic carbocycles. The highest BCUT2D eigenvalue weighted by molar-refractivity contribution is 9.11. The molecule has 1 N–H and O–H groups in total. The molecule has 2 heterocycles. The van der Waals surface area contributed by atoms with Crippen LogP contribution in [0, 0.1) is 0 Å². The molecule has 1 aliphatic heterocycles. The van der Waals surface area contributed by atoms with Crippen LogP contribution in [0.5, 0.6) is 0 Å². The lowest BCUT2D eigenvalue weighted by Crippen LogP contribution is -2.43. The van der Waals surface area contributed by atoms with Crippen LogP contribution < -0.4 is 5.32 Å². The molecule has 0 amide bonds. The fraction of sp³-hybridized carbons (Fsp3) is 0.636. The van der Waals surface area contributed by atoms with Gasteiger partial charge in [0.1, 0.15) is 0 Å². The summed E-state index contributed by atoms with van der Waals surface area (Å²) in [5, 5.41) is 3.46. The number of hydrogen-bond donors (Lipinski definition) is 1. The van der Waals surface area contributed by atoms with Gasteiger partial charge in [-0.3, -0.25) is 4.90 Å². The number of likely N-dealkylation sites (N-methyl/N-ethyl adjacent to an activating group) is 1. The average Bonchev–Trinajstić information content (AvgIpc) is 2.65. The van der Waals surface area contributed by atoms with Crippen molar-refractivity contribution in [3.63, 3.8) is 0 Å². The van der Waals surface area contributed by atoms with E-state index in [1.807, 2.05) is 11.3 Å². The predicted molar refractivity (Wildman–Crippen MR) is 69.4 cm³/mol. The molecule has 4 heteroatoms. The van der Waals surface area contributed by atoms with Crippen molar-refractivity contribution in [2.75, 3.05) is 20.1 Å². The fourth-order valence-electron chi connectivity index (χ4n) is 2.02. The van der Waals surface area contributed by atoms with Crippen LogP contribution in [-0.2, 0) is 6.54 Å². The van der Waals surface area contributed by atoms with Gasteiger partial charge < -0.3 is 5.32 Å². The normalized spacial score (nSPS) is 22.2. The first kappa shape index (κ1) is 11.6. The Bertz CT molecular complexity index is 307. The Balaban J connectivity index is 1.88. The van der Waals surface area contributed by atoms with E-state index >= 15 is 0 Å². The SMILES string of the molecule is CN(Cc1ccc(Br)s1)C1CCCNC1. The second-order valence-electron chi connectivity index (χ2n) is 4.12. The van der Waals surface area contributed by atoms with Gasteiger partial charge in [0.25, 0.3) is 0 Å². The molecule has 1 aromatic heterocycles. The van der Waals surface area contributed by atoms with Gasteiger partial charge in [-0.1, -0.05) is 0 Å². The van der Waals surface area contributed by atoms with E-state index in [1.54, 1.807) is 0 Å². The molecule has 1 unspecified atom stereocenters. The molecular formula is C11H17BrN2S. The minimum Gasteiger partial charge on any atom is -0.315 e. The first-order valence-corrected chi connectivity index (χ1v) is 7.02. The summed E-state index contributed by atoms with van der Waals surface area (Å²) in [7, 11) is 2.23. The minimum atomic E-state index is 0.708. The zero-order chi connectivity index (χ0) is 10.7. The number of rotatable bonds is 3. The first-order valence-electron chi connectivity index (χ1n) is 5.41. The Morgan fingerprint density at radius 2 is 2.47 bits per heavy atom. The minimum absolute atomic E-state index is 0.708. The van der Waals surface area contributed by atoms with Gasteiger partial charge >= 0.3 is 0 Å². The number of halogens is 1. The molecule has 15 heavy (non-hydrogen) atoms. The summed E-state index contributed by atoms with van der Waals surface area (Å²) in [6.07, 6.45) is 2.64. The zero-order valence-corrected chi connectivity index (χ0v) is 11.4. The molecule has 1 aromatic rings. The molecular weight excluding hydrogens is 272 g/mol. The molecule has 0 aliphatic carbocycles. The van der Waals surface area contributed by atoms with Crippen molar-refractivity contribution < 1.29 is 0 Å². The van der Waals surface area contributed by atoms with Gasteiger partial charge in [0.05, 0.1) is 3.79 Å². The van der Waals surface area contributed by atoms with Crippen molar-refractivity contribution in [3.8, 4) is 0 Å². The third kappa shape index (κ3) is 3.28. The molecule has 1 saturated heterocycles. The van der Waals surface area contributed by atoms with Crippen LogP contribution in [0.1, 0.15) is 17.7 Å². The lowest BCUT2D eigenvalue weighted by atomic mass is 10.1. The highest BCUT2D eigenvalue weighted by Crippen LogP contribution is 2.24. The van der Waals surface area contributed by atoms with Crippen molar-refractivity contribution in [1.29, 1.82) is 0 Å². The van der Waals surface area contributed by atoms with E-state index in [1.165, 1.54) is 28.0 Å². The maximum atomic E-state index is 3.51. The van der Waals surface area contributed by atoms with E-state index in [9.17, 15) is 0 Å². The summed E-state index contributed by atoms with van der Waals surface area (Å²) in [5.74, 6) is 0. The van der Waals surface area contributed by atoms with E-state index < -0.39 is 0 Å². The lowest BCUT2D eigenvalue weighted by Gasteiger charge is -2.31. The van der Waals surface area contributed by atoms with E-state index in [4.69, 9.17) is 0 Å². The Morgan fingerprint density at radius 1 is 1.60 bits per heavy atom. The zero-order valence-electron chi connectivity index (χ0n) is 9.00.